The second kappa shape index (κ2) is 11.5. The molecule has 35 heavy (non-hydrogen) atoms. The van der Waals surface area contributed by atoms with Gasteiger partial charge in [-0.15, -0.1) is 0 Å². The number of rotatable bonds is 8. The van der Waals surface area contributed by atoms with E-state index in [4.69, 9.17) is 38.1 Å². The minimum atomic E-state index is -0.181. The van der Waals surface area contributed by atoms with E-state index in [1.165, 1.54) is 0 Å². The molecule has 2 heterocycles. The molecule has 8 nitrogen and oxygen atoms in total. The smallest absolute Gasteiger partial charge is 0.236 e. The first-order valence-electron chi connectivity index (χ1n) is 11.2. The van der Waals surface area contributed by atoms with Crippen LogP contribution in [0.25, 0.3) is 0 Å². The summed E-state index contributed by atoms with van der Waals surface area (Å²) in [5.74, 6) is 0.992. The molecule has 3 aromatic rings. The lowest BCUT2D eigenvalue weighted by Gasteiger charge is -2.35. The fraction of sp³-hybridized carbons (Fsp3) is 0.333. The van der Waals surface area contributed by atoms with Crippen LogP contribution in [0.5, 0.6) is 17.4 Å². The number of nitrogens with zero attached hydrogens (tertiary/aromatic N) is 2. The molecule has 1 aliphatic rings. The van der Waals surface area contributed by atoms with Gasteiger partial charge in [0.25, 0.3) is 0 Å². The Bertz CT molecular complexity index is 1160. The van der Waals surface area contributed by atoms with Crippen molar-refractivity contribution in [3.05, 3.63) is 58.1 Å². The molecular weight excluding hydrogens is 509 g/mol. The summed E-state index contributed by atoms with van der Waals surface area (Å²) in [5, 5.41) is 26.6. The van der Waals surface area contributed by atoms with Crippen molar-refractivity contribution < 1.29 is 14.6 Å². The maximum Gasteiger partial charge on any atom is 0.236 e. The fourth-order valence-corrected chi connectivity index (χ4v) is 4.94. The van der Waals surface area contributed by atoms with Crippen LogP contribution in [0.15, 0.2) is 42.5 Å². The zero-order chi connectivity index (χ0) is 24.9. The largest absolute Gasteiger partial charge is 0.492 e. The zero-order valence-corrected chi connectivity index (χ0v) is 21.7. The van der Waals surface area contributed by atoms with Gasteiger partial charge in [0.1, 0.15) is 27.9 Å². The Hall–Kier alpha value is -2.56. The highest BCUT2D eigenvalue weighted by molar-refractivity contribution is 7.11. The molecule has 1 aromatic heterocycles. The molecule has 2 unspecified atom stereocenters. The summed E-state index contributed by atoms with van der Waals surface area (Å²) in [6.45, 7) is 7.21. The van der Waals surface area contributed by atoms with E-state index in [1.54, 1.807) is 30.3 Å². The van der Waals surface area contributed by atoms with E-state index in [0.29, 0.717) is 38.7 Å². The summed E-state index contributed by atoms with van der Waals surface area (Å²) >= 11 is 13.3. The van der Waals surface area contributed by atoms with Crippen molar-refractivity contribution in [2.45, 2.75) is 26.1 Å². The first-order valence-corrected chi connectivity index (χ1v) is 12.7. The van der Waals surface area contributed by atoms with Crippen LogP contribution in [0.4, 0.5) is 10.7 Å². The average Bonchev–Trinajstić information content (AvgIpc) is 3.16. The monoisotopic (exact) mass is 535 g/mol. The van der Waals surface area contributed by atoms with Gasteiger partial charge < -0.3 is 25.2 Å². The number of nitrogens with one attached hydrogen (secondary N) is 3. The van der Waals surface area contributed by atoms with E-state index < -0.39 is 0 Å². The summed E-state index contributed by atoms with van der Waals surface area (Å²) in [6, 6.07) is 12.3. The molecule has 186 valence electrons. The van der Waals surface area contributed by atoms with Gasteiger partial charge in [0.05, 0.1) is 17.2 Å². The number of amidine groups is 1. The quantitative estimate of drug-likeness (QED) is 0.216. The van der Waals surface area contributed by atoms with Gasteiger partial charge in [-0.25, -0.2) is 0 Å². The van der Waals surface area contributed by atoms with Crippen molar-refractivity contribution in [3.63, 3.8) is 0 Å². The van der Waals surface area contributed by atoms with Gasteiger partial charge in [-0.1, -0.05) is 23.2 Å². The molecule has 4 rings (SSSR count). The number of hydrogen-bond donors (Lipinski definition) is 4. The van der Waals surface area contributed by atoms with Crippen LogP contribution in [-0.2, 0) is 4.74 Å². The Morgan fingerprint density at radius 2 is 1.91 bits per heavy atom. The van der Waals surface area contributed by atoms with Gasteiger partial charge in [-0.2, -0.15) is 4.37 Å². The van der Waals surface area contributed by atoms with Gasteiger partial charge in [-0.3, -0.25) is 10.3 Å². The highest BCUT2D eigenvalue weighted by Gasteiger charge is 2.22. The SMILES string of the molecule is CC1CN(CCNC(=N)c2c(O)nsc2Nc2ccc(Oc3cc(Cl)ccc3Cl)cc2)CC(C)O1. The zero-order valence-electron chi connectivity index (χ0n) is 19.3. The maximum absolute atomic E-state index is 10.3. The van der Waals surface area contributed by atoms with E-state index in [9.17, 15) is 5.11 Å². The molecule has 0 bridgehead atoms. The van der Waals surface area contributed by atoms with Crippen LogP contribution >= 0.6 is 34.7 Å². The summed E-state index contributed by atoms with van der Waals surface area (Å²) in [7, 11) is 0. The van der Waals surface area contributed by atoms with E-state index in [-0.39, 0.29) is 23.9 Å². The van der Waals surface area contributed by atoms with E-state index in [1.807, 2.05) is 12.1 Å². The Kier molecular flexibility index (Phi) is 8.35. The van der Waals surface area contributed by atoms with Crippen molar-refractivity contribution in [2.24, 2.45) is 0 Å². The highest BCUT2D eigenvalue weighted by atomic mass is 35.5. The van der Waals surface area contributed by atoms with E-state index in [0.717, 1.165) is 36.9 Å². The Labute approximate surface area is 218 Å². The predicted octanol–water partition coefficient (Wildman–Crippen LogP) is 5.72. The second-order valence-electron chi connectivity index (χ2n) is 8.36. The minimum Gasteiger partial charge on any atom is -0.492 e. The molecule has 0 aliphatic carbocycles. The first-order chi connectivity index (χ1) is 16.8. The number of aromatic nitrogens is 1. The van der Waals surface area contributed by atoms with Crippen LogP contribution in [0.2, 0.25) is 10.0 Å². The first kappa shape index (κ1) is 25.5. The third-order valence-corrected chi connectivity index (χ3v) is 6.68. The lowest BCUT2D eigenvalue weighted by atomic mass is 10.2. The number of ether oxygens (including phenoxy) is 2. The van der Waals surface area contributed by atoms with Gasteiger partial charge in [0, 0.05) is 43.0 Å². The number of halogens is 2. The van der Waals surface area contributed by atoms with Crippen LogP contribution in [0, 0.1) is 5.41 Å². The van der Waals surface area contributed by atoms with Crippen LogP contribution in [-0.4, -0.2) is 58.6 Å². The van der Waals surface area contributed by atoms with Crippen LogP contribution in [0.3, 0.4) is 0 Å². The maximum atomic E-state index is 10.3. The van der Waals surface area contributed by atoms with Crippen molar-refractivity contribution in [1.82, 2.24) is 14.6 Å². The molecule has 2 aromatic carbocycles. The normalized spacial score (nSPS) is 18.3. The molecule has 1 aliphatic heterocycles. The van der Waals surface area contributed by atoms with E-state index in [2.05, 4.69) is 33.8 Å². The number of morpholine rings is 1. The summed E-state index contributed by atoms with van der Waals surface area (Å²) in [5.41, 5.74) is 1.09. The molecule has 0 spiro atoms. The molecule has 0 radical (unpaired) electrons. The fourth-order valence-electron chi connectivity index (χ4n) is 3.91. The second-order valence-corrected chi connectivity index (χ2v) is 9.97. The number of anilines is 2. The molecule has 2 atom stereocenters. The standard InChI is InChI=1S/C24H27Cl2N5O3S/c1-14-12-31(13-15(2)33-14)10-9-28-22(27)21-23(32)30-35-24(21)29-17-4-6-18(7-5-17)34-20-11-16(25)3-8-19(20)26/h3-8,11,14-15,29H,9-10,12-13H2,1-2H3,(H2,27,28)(H,30,32). The predicted molar refractivity (Wildman–Crippen MR) is 141 cm³/mol. The van der Waals surface area contributed by atoms with Crippen molar-refractivity contribution in [3.8, 4) is 17.4 Å². The molecule has 0 amide bonds. The lowest BCUT2D eigenvalue weighted by Crippen LogP contribution is -2.47. The average molecular weight is 536 g/mol. The minimum absolute atomic E-state index is 0.114. The van der Waals surface area contributed by atoms with Gasteiger partial charge >= 0.3 is 0 Å². The Morgan fingerprint density at radius 3 is 2.63 bits per heavy atom. The number of hydrogen-bond acceptors (Lipinski definition) is 8. The van der Waals surface area contributed by atoms with Crippen LogP contribution < -0.4 is 15.4 Å². The summed E-state index contributed by atoms with van der Waals surface area (Å²) < 4.78 is 15.6. The van der Waals surface area contributed by atoms with Gasteiger partial charge in [0.2, 0.25) is 5.88 Å². The lowest BCUT2D eigenvalue weighted by molar-refractivity contribution is -0.0671. The topological polar surface area (TPSA) is 103 Å². The number of benzene rings is 2. The van der Waals surface area contributed by atoms with Crippen molar-refractivity contribution in [2.75, 3.05) is 31.5 Å². The van der Waals surface area contributed by atoms with Gasteiger partial charge in [-0.05, 0) is 61.8 Å². The van der Waals surface area contributed by atoms with Crippen molar-refractivity contribution >= 4 is 51.3 Å². The highest BCUT2D eigenvalue weighted by Crippen LogP contribution is 2.34. The number of aromatic hydroxyl groups is 1. The van der Waals surface area contributed by atoms with Crippen molar-refractivity contribution in [1.29, 1.82) is 5.41 Å². The van der Waals surface area contributed by atoms with Gasteiger partial charge in [0.15, 0.2) is 0 Å². The Morgan fingerprint density at radius 1 is 1.20 bits per heavy atom. The molecule has 11 heteroatoms. The summed E-state index contributed by atoms with van der Waals surface area (Å²) in [4.78, 5) is 2.31. The Balaban J connectivity index is 1.35. The third-order valence-electron chi connectivity index (χ3n) is 5.38. The third kappa shape index (κ3) is 6.77. The van der Waals surface area contributed by atoms with Crippen LogP contribution in [0.1, 0.15) is 19.4 Å². The summed E-state index contributed by atoms with van der Waals surface area (Å²) in [6.07, 6.45) is 0.386. The van der Waals surface area contributed by atoms with E-state index >= 15 is 0 Å². The molecule has 4 N–H and O–H groups in total. The molecule has 0 saturated carbocycles. The molecule has 1 saturated heterocycles. The molecular formula is C24H27Cl2N5O3S. The molecule has 1 fully saturated rings.